The number of unbranched alkanes of at least 4 members (excludes halogenated alkanes) is 6. The molecule has 0 saturated carbocycles. The molecule has 0 fully saturated rings. The maximum atomic E-state index is 5.88. The molecule has 1 aromatic carbocycles. The summed E-state index contributed by atoms with van der Waals surface area (Å²) in [6.45, 7) is 4.85. The summed E-state index contributed by atoms with van der Waals surface area (Å²) in [5.41, 5.74) is 0.961. The number of nitrogens with zero attached hydrogens (tertiary/aromatic N) is 3. The van der Waals surface area contributed by atoms with Gasteiger partial charge in [0.2, 0.25) is 4.77 Å². The van der Waals surface area contributed by atoms with Crippen molar-refractivity contribution in [3.05, 3.63) is 38.8 Å². The number of hydrogen-bond acceptors (Lipinski definition) is 4. The van der Waals surface area contributed by atoms with Crippen LogP contribution in [0.1, 0.15) is 63.3 Å². The van der Waals surface area contributed by atoms with Gasteiger partial charge in [-0.05, 0) is 65.3 Å². The second kappa shape index (κ2) is 11.3. The normalized spacial score (nSPS) is 11.3. The molecule has 0 atom stereocenters. The summed E-state index contributed by atoms with van der Waals surface area (Å²) in [5.74, 6) is 1.59. The number of benzene rings is 1. The van der Waals surface area contributed by atoms with E-state index in [1.54, 1.807) is 10.9 Å². The SMILES string of the molecule is CCCCCCCCCOc1ccc(/C=N\n2c(C)n[nH]c2=S)cc1Br. The summed E-state index contributed by atoms with van der Waals surface area (Å²) < 4.78 is 8.88. The van der Waals surface area contributed by atoms with Crippen molar-refractivity contribution in [3.8, 4) is 5.75 Å². The highest BCUT2D eigenvalue weighted by atomic mass is 79.9. The van der Waals surface area contributed by atoms with Gasteiger partial charge in [-0.1, -0.05) is 45.4 Å². The lowest BCUT2D eigenvalue weighted by atomic mass is 10.1. The van der Waals surface area contributed by atoms with Gasteiger partial charge in [-0.3, -0.25) is 5.10 Å². The van der Waals surface area contributed by atoms with Gasteiger partial charge in [0.05, 0.1) is 17.3 Å². The fourth-order valence-corrected chi connectivity index (χ4v) is 3.32. The molecule has 5 nitrogen and oxygen atoms in total. The van der Waals surface area contributed by atoms with Crippen LogP contribution in [0.15, 0.2) is 27.8 Å². The van der Waals surface area contributed by atoms with Crippen LogP contribution >= 0.6 is 28.1 Å². The lowest BCUT2D eigenvalue weighted by molar-refractivity contribution is 0.302. The zero-order valence-corrected chi connectivity index (χ0v) is 17.9. The van der Waals surface area contributed by atoms with E-state index in [1.165, 1.54) is 38.5 Å². The van der Waals surface area contributed by atoms with E-state index in [2.05, 4.69) is 38.2 Å². The van der Waals surface area contributed by atoms with Crippen molar-refractivity contribution in [2.45, 2.75) is 58.8 Å². The average molecular weight is 439 g/mol. The van der Waals surface area contributed by atoms with Crippen LogP contribution in [0.4, 0.5) is 0 Å². The molecule has 0 radical (unpaired) electrons. The van der Waals surface area contributed by atoms with Gasteiger partial charge in [0, 0.05) is 0 Å². The smallest absolute Gasteiger partial charge is 0.216 e. The second-order valence-corrected chi connectivity index (χ2v) is 7.53. The Hall–Kier alpha value is -1.47. The maximum absolute atomic E-state index is 5.88. The molecule has 26 heavy (non-hydrogen) atoms. The summed E-state index contributed by atoms with van der Waals surface area (Å²) in [5, 5.41) is 11.1. The largest absolute Gasteiger partial charge is 0.492 e. The first kappa shape index (κ1) is 20.8. The molecule has 0 aliphatic carbocycles. The van der Waals surface area contributed by atoms with Gasteiger partial charge < -0.3 is 4.74 Å². The van der Waals surface area contributed by atoms with Crippen molar-refractivity contribution in [3.63, 3.8) is 0 Å². The molecular formula is C19H27BrN4OS. The Morgan fingerprint density at radius 3 is 2.62 bits per heavy atom. The van der Waals surface area contributed by atoms with Crippen LogP contribution in [0.2, 0.25) is 0 Å². The number of aryl methyl sites for hydroxylation is 1. The standard InChI is InChI=1S/C19H27BrN4OS/c1-3-4-5-6-7-8-9-12-25-18-11-10-16(13-17(18)20)14-21-24-15(2)22-23-19(24)26/h10-11,13-14H,3-9,12H2,1-2H3,(H,23,26)/b21-14-. The van der Waals surface area contributed by atoms with E-state index in [0.29, 0.717) is 4.77 Å². The van der Waals surface area contributed by atoms with Crippen LogP contribution in [0, 0.1) is 11.7 Å². The highest BCUT2D eigenvalue weighted by Crippen LogP contribution is 2.26. The van der Waals surface area contributed by atoms with Crippen molar-refractivity contribution in [1.82, 2.24) is 14.9 Å². The molecule has 1 N–H and O–H groups in total. The Kier molecular flexibility index (Phi) is 9.05. The van der Waals surface area contributed by atoms with E-state index in [-0.39, 0.29) is 0 Å². The molecule has 1 heterocycles. The number of ether oxygens (including phenoxy) is 1. The van der Waals surface area contributed by atoms with Gasteiger partial charge in [-0.25, -0.2) is 0 Å². The molecule has 2 rings (SSSR count). The fraction of sp³-hybridized carbons (Fsp3) is 0.526. The van der Waals surface area contributed by atoms with Crippen LogP contribution in [0.5, 0.6) is 5.75 Å². The first-order chi connectivity index (χ1) is 12.6. The number of hydrogen-bond donors (Lipinski definition) is 1. The monoisotopic (exact) mass is 438 g/mol. The minimum Gasteiger partial charge on any atom is -0.492 e. The number of H-pyrrole nitrogens is 1. The third-order valence-corrected chi connectivity index (χ3v) is 4.98. The summed E-state index contributed by atoms with van der Waals surface area (Å²) in [6.07, 6.45) is 10.7. The van der Waals surface area contributed by atoms with Gasteiger partial charge in [-0.2, -0.15) is 14.9 Å². The molecule has 2 aromatic rings. The lowest BCUT2D eigenvalue weighted by Crippen LogP contribution is -1.99. The zero-order valence-electron chi connectivity index (χ0n) is 15.5. The second-order valence-electron chi connectivity index (χ2n) is 6.29. The molecule has 0 amide bonds. The molecule has 142 valence electrons. The Morgan fingerprint density at radius 2 is 1.96 bits per heavy atom. The predicted octanol–water partition coefficient (Wildman–Crippen LogP) is 6.02. The number of nitrogens with one attached hydrogen (secondary N) is 1. The summed E-state index contributed by atoms with van der Waals surface area (Å²) in [4.78, 5) is 0. The van der Waals surface area contributed by atoms with E-state index in [1.807, 2.05) is 25.1 Å². The van der Waals surface area contributed by atoms with E-state index in [9.17, 15) is 0 Å². The van der Waals surface area contributed by atoms with Crippen molar-refractivity contribution in [2.75, 3.05) is 6.61 Å². The van der Waals surface area contributed by atoms with Gasteiger partial charge in [-0.15, -0.1) is 0 Å². The van der Waals surface area contributed by atoms with Crippen LogP contribution in [-0.4, -0.2) is 27.7 Å². The molecule has 1 aromatic heterocycles. The van der Waals surface area contributed by atoms with E-state index in [4.69, 9.17) is 17.0 Å². The van der Waals surface area contributed by atoms with Crippen LogP contribution in [0.3, 0.4) is 0 Å². The molecule has 7 heteroatoms. The zero-order chi connectivity index (χ0) is 18.8. The molecule has 0 bridgehead atoms. The number of aromatic nitrogens is 3. The third-order valence-electron chi connectivity index (χ3n) is 4.10. The molecule has 0 aliphatic rings. The number of aromatic amines is 1. The van der Waals surface area contributed by atoms with Crippen LogP contribution in [0.25, 0.3) is 0 Å². The average Bonchev–Trinajstić information content (AvgIpc) is 2.95. The Labute approximate surface area is 169 Å². The molecule has 0 spiro atoms. The predicted molar refractivity (Wildman–Crippen MR) is 113 cm³/mol. The quantitative estimate of drug-likeness (QED) is 0.265. The third kappa shape index (κ3) is 6.68. The summed E-state index contributed by atoms with van der Waals surface area (Å²) >= 11 is 8.71. The highest BCUT2D eigenvalue weighted by molar-refractivity contribution is 9.10. The van der Waals surface area contributed by atoms with Crippen molar-refractivity contribution in [1.29, 1.82) is 0 Å². The molecule has 0 saturated heterocycles. The highest BCUT2D eigenvalue weighted by Gasteiger charge is 2.03. The van der Waals surface area contributed by atoms with Gasteiger partial charge in [0.25, 0.3) is 0 Å². The van der Waals surface area contributed by atoms with Gasteiger partial charge in [0.1, 0.15) is 11.6 Å². The Morgan fingerprint density at radius 1 is 1.23 bits per heavy atom. The first-order valence-electron chi connectivity index (χ1n) is 9.22. The van der Waals surface area contributed by atoms with Crippen molar-refractivity contribution >= 4 is 34.4 Å². The minimum absolute atomic E-state index is 0.479. The van der Waals surface area contributed by atoms with E-state index in [0.717, 1.165) is 34.6 Å². The topological polar surface area (TPSA) is 55.2 Å². The van der Waals surface area contributed by atoms with E-state index < -0.39 is 0 Å². The van der Waals surface area contributed by atoms with E-state index >= 15 is 0 Å². The molecule has 0 unspecified atom stereocenters. The minimum atomic E-state index is 0.479. The summed E-state index contributed by atoms with van der Waals surface area (Å²) in [6, 6.07) is 5.93. The maximum Gasteiger partial charge on any atom is 0.216 e. The first-order valence-corrected chi connectivity index (χ1v) is 10.4. The lowest BCUT2D eigenvalue weighted by Gasteiger charge is -2.09. The Bertz CT molecular complexity index is 769. The van der Waals surface area contributed by atoms with Crippen LogP contribution < -0.4 is 4.74 Å². The number of halogens is 1. The van der Waals surface area contributed by atoms with Crippen LogP contribution in [-0.2, 0) is 0 Å². The molecule has 0 aliphatic heterocycles. The fourth-order valence-electron chi connectivity index (χ4n) is 2.59. The van der Waals surface area contributed by atoms with Gasteiger partial charge in [0.15, 0.2) is 0 Å². The van der Waals surface area contributed by atoms with Crippen molar-refractivity contribution < 1.29 is 4.74 Å². The number of rotatable bonds is 11. The molecular weight excluding hydrogens is 412 g/mol. The summed E-state index contributed by atoms with van der Waals surface area (Å²) in [7, 11) is 0. The van der Waals surface area contributed by atoms with Gasteiger partial charge >= 0.3 is 0 Å². The Balaban J connectivity index is 1.79. The van der Waals surface area contributed by atoms with Crippen molar-refractivity contribution in [2.24, 2.45) is 5.10 Å².